The van der Waals surface area contributed by atoms with Gasteiger partial charge >= 0.3 is 0 Å². The van der Waals surface area contributed by atoms with Crippen LogP contribution in [0.5, 0.6) is 0 Å². The van der Waals surface area contributed by atoms with Crippen molar-refractivity contribution in [1.82, 2.24) is 15.6 Å². The largest absolute Gasteiger partial charge is 0.289 e. The summed E-state index contributed by atoms with van der Waals surface area (Å²) in [5, 5.41) is 13.2. The summed E-state index contributed by atoms with van der Waals surface area (Å²) in [4.78, 5) is 12.2. The van der Waals surface area contributed by atoms with Crippen LogP contribution in [0.3, 0.4) is 0 Å². The minimum absolute atomic E-state index is 0.337. The normalized spacial score (nSPS) is 11.1. The second-order valence-corrected chi connectivity index (χ2v) is 5.80. The molecule has 1 aromatic heterocycles. The van der Waals surface area contributed by atoms with E-state index in [4.69, 9.17) is 0 Å². The standard InChI is InChI=1S/C21H16N4O/c26-21(20-13-19(23-24-20)16-8-2-1-3-9-16)25-22-14-17-11-6-10-15-7-4-5-12-18(15)17/h1-14H,(H,23,24)(H,25,26)/b22-14+. The number of aromatic amines is 1. The number of hydrogen-bond donors (Lipinski definition) is 2. The topological polar surface area (TPSA) is 70.1 Å². The number of hydrogen-bond acceptors (Lipinski definition) is 3. The lowest BCUT2D eigenvalue weighted by Gasteiger charge is -2.01. The highest BCUT2D eigenvalue weighted by Gasteiger charge is 2.10. The number of benzene rings is 3. The van der Waals surface area contributed by atoms with E-state index in [-0.39, 0.29) is 5.91 Å². The third-order valence-corrected chi connectivity index (χ3v) is 4.09. The minimum Gasteiger partial charge on any atom is -0.272 e. The Bertz CT molecular complexity index is 1080. The average Bonchev–Trinajstić information content (AvgIpc) is 3.19. The van der Waals surface area contributed by atoms with E-state index in [1.54, 1.807) is 12.3 Å². The van der Waals surface area contributed by atoms with Crippen molar-refractivity contribution in [3.8, 4) is 11.3 Å². The van der Waals surface area contributed by atoms with Crippen molar-refractivity contribution in [2.45, 2.75) is 0 Å². The van der Waals surface area contributed by atoms with Gasteiger partial charge in [-0.05, 0) is 16.8 Å². The number of carbonyl (C=O) groups is 1. The number of aromatic nitrogens is 2. The van der Waals surface area contributed by atoms with Crippen LogP contribution >= 0.6 is 0 Å². The van der Waals surface area contributed by atoms with Crippen LogP contribution in [0.4, 0.5) is 0 Å². The fourth-order valence-corrected chi connectivity index (χ4v) is 2.78. The maximum Gasteiger partial charge on any atom is 0.289 e. The van der Waals surface area contributed by atoms with Crippen molar-refractivity contribution >= 4 is 22.9 Å². The summed E-state index contributed by atoms with van der Waals surface area (Å²) in [5.74, 6) is -0.337. The SMILES string of the molecule is O=C(N/N=C/c1cccc2ccccc12)c1cc(-c2ccccc2)n[nH]1. The molecule has 1 heterocycles. The van der Waals surface area contributed by atoms with Gasteiger partial charge in [-0.25, -0.2) is 5.43 Å². The van der Waals surface area contributed by atoms with E-state index in [0.29, 0.717) is 11.4 Å². The molecule has 0 spiro atoms. The van der Waals surface area contributed by atoms with Crippen molar-refractivity contribution < 1.29 is 4.79 Å². The molecule has 0 radical (unpaired) electrons. The predicted molar refractivity (Wildman–Crippen MR) is 103 cm³/mol. The monoisotopic (exact) mass is 340 g/mol. The Balaban J connectivity index is 1.49. The fourth-order valence-electron chi connectivity index (χ4n) is 2.78. The molecule has 0 aliphatic carbocycles. The van der Waals surface area contributed by atoms with E-state index in [0.717, 1.165) is 21.9 Å². The number of rotatable bonds is 4. The molecule has 5 heteroatoms. The Morgan fingerprint density at radius 2 is 1.73 bits per heavy atom. The zero-order valence-electron chi connectivity index (χ0n) is 13.9. The second kappa shape index (κ2) is 7.03. The molecule has 126 valence electrons. The molecule has 0 saturated carbocycles. The predicted octanol–water partition coefficient (Wildman–Crippen LogP) is 3.99. The first-order valence-corrected chi connectivity index (χ1v) is 8.23. The molecule has 0 bridgehead atoms. The molecule has 2 N–H and O–H groups in total. The number of fused-ring (bicyclic) bond motifs is 1. The fraction of sp³-hybridized carbons (Fsp3) is 0. The molecule has 4 rings (SSSR count). The van der Waals surface area contributed by atoms with E-state index in [9.17, 15) is 4.79 Å². The third kappa shape index (κ3) is 3.23. The third-order valence-electron chi connectivity index (χ3n) is 4.09. The van der Waals surface area contributed by atoms with Gasteiger partial charge in [-0.15, -0.1) is 0 Å². The summed E-state index contributed by atoms with van der Waals surface area (Å²) in [7, 11) is 0. The molecule has 0 atom stereocenters. The molecule has 26 heavy (non-hydrogen) atoms. The van der Waals surface area contributed by atoms with E-state index >= 15 is 0 Å². The first kappa shape index (κ1) is 15.8. The van der Waals surface area contributed by atoms with E-state index in [2.05, 4.69) is 20.7 Å². The molecule has 5 nitrogen and oxygen atoms in total. The summed E-state index contributed by atoms with van der Waals surface area (Å²) in [5.41, 5.74) is 5.50. The van der Waals surface area contributed by atoms with Gasteiger partial charge < -0.3 is 0 Å². The number of carbonyl (C=O) groups excluding carboxylic acids is 1. The Morgan fingerprint density at radius 3 is 2.62 bits per heavy atom. The molecular formula is C21H16N4O. The van der Waals surface area contributed by atoms with Gasteiger partial charge in [0.25, 0.3) is 5.91 Å². The highest BCUT2D eigenvalue weighted by Crippen LogP contribution is 2.18. The van der Waals surface area contributed by atoms with Crippen LogP contribution in [-0.4, -0.2) is 22.3 Å². The van der Waals surface area contributed by atoms with Gasteiger partial charge in [-0.1, -0.05) is 72.8 Å². The lowest BCUT2D eigenvalue weighted by molar-refractivity contribution is 0.0950. The summed E-state index contributed by atoms with van der Waals surface area (Å²) < 4.78 is 0. The maximum absolute atomic E-state index is 12.2. The number of H-pyrrole nitrogens is 1. The Morgan fingerprint density at radius 1 is 0.962 bits per heavy atom. The molecule has 0 fully saturated rings. The highest BCUT2D eigenvalue weighted by atomic mass is 16.2. The number of nitrogens with one attached hydrogen (secondary N) is 2. The van der Waals surface area contributed by atoms with Gasteiger partial charge in [0.1, 0.15) is 5.69 Å². The lowest BCUT2D eigenvalue weighted by Crippen LogP contribution is -2.18. The van der Waals surface area contributed by atoms with Crippen molar-refractivity contribution in [2.24, 2.45) is 5.10 Å². The highest BCUT2D eigenvalue weighted by molar-refractivity contribution is 6.00. The summed E-state index contributed by atoms with van der Waals surface area (Å²) >= 11 is 0. The van der Waals surface area contributed by atoms with Gasteiger partial charge in [0.05, 0.1) is 11.9 Å². The van der Waals surface area contributed by atoms with Gasteiger partial charge in [0.15, 0.2) is 0 Å². The number of hydrazone groups is 1. The molecule has 0 aliphatic heterocycles. The summed E-state index contributed by atoms with van der Waals surface area (Å²) in [6.45, 7) is 0. The second-order valence-electron chi connectivity index (χ2n) is 5.80. The first-order chi connectivity index (χ1) is 12.8. The average molecular weight is 340 g/mol. The van der Waals surface area contributed by atoms with Crippen LogP contribution in [0.2, 0.25) is 0 Å². The van der Waals surface area contributed by atoms with Crippen LogP contribution in [0, 0.1) is 0 Å². The van der Waals surface area contributed by atoms with Crippen molar-refractivity contribution in [3.05, 3.63) is 90.1 Å². The van der Waals surface area contributed by atoms with Gasteiger partial charge in [0, 0.05) is 11.1 Å². The molecule has 0 unspecified atom stereocenters. The van der Waals surface area contributed by atoms with Crippen molar-refractivity contribution in [2.75, 3.05) is 0 Å². The quantitative estimate of drug-likeness (QED) is 0.435. The van der Waals surface area contributed by atoms with Crippen LogP contribution in [-0.2, 0) is 0 Å². The Labute approximate surface area is 150 Å². The van der Waals surface area contributed by atoms with Crippen molar-refractivity contribution in [3.63, 3.8) is 0 Å². The molecule has 0 saturated heterocycles. The number of amides is 1. The molecular weight excluding hydrogens is 324 g/mol. The molecule has 0 aliphatic rings. The molecule has 4 aromatic rings. The van der Waals surface area contributed by atoms with E-state index < -0.39 is 0 Å². The molecule has 1 amide bonds. The van der Waals surface area contributed by atoms with Crippen LogP contribution in [0.1, 0.15) is 16.1 Å². The van der Waals surface area contributed by atoms with E-state index in [1.165, 1.54) is 0 Å². The van der Waals surface area contributed by atoms with Crippen molar-refractivity contribution in [1.29, 1.82) is 0 Å². The van der Waals surface area contributed by atoms with Gasteiger partial charge in [-0.2, -0.15) is 10.2 Å². The van der Waals surface area contributed by atoms with E-state index in [1.807, 2.05) is 72.8 Å². The smallest absolute Gasteiger partial charge is 0.272 e. The zero-order chi connectivity index (χ0) is 17.8. The maximum atomic E-state index is 12.2. The Hall–Kier alpha value is -3.73. The van der Waals surface area contributed by atoms with Gasteiger partial charge in [-0.3, -0.25) is 9.89 Å². The van der Waals surface area contributed by atoms with Crippen LogP contribution < -0.4 is 5.43 Å². The number of nitrogens with zero attached hydrogens (tertiary/aromatic N) is 2. The molecule has 3 aromatic carbocycles. The van der Waals surface area contributed by atoms with Gasteiger partial charge in [0.2, 0.25) is 0 Å². The van der Waals surface area contributed by atoms with Crippen LogP contribution in [0.25, 0.3) is 22.0 Å². The minimum atomic E-state index is -0.337. The summed E-state index contributed by atoms with van der Waals surface area (Å²) in [6.07, 6.45) is 1.65. The zero-order valence-corrected chi connectivity index (χ0v) is 13.9. The Kier molecular flexibility index (Phi) is 4.26. The summed E-state index contributed by atoms with van der Waals surface area (Å²) in [6, 6.07) is 25.4. The first-order valence-electron chi connectivity index (χ1n) is 8.23. The van der Waals surface area contributed by atoms with Crippen LogP contribution in [0.15, 0.2) is 84.0 Å². The lowest BCUT2D eigenvalue weighted by atomic mass is 10.1.